The highest BCUT2D eigenvalue weighted by molar-refractivity contribution is 5.18. The van der Waals surface area contributed by atoms with Gasteiger partial charge >= 0.3 is 0 Å². The van der Waals surface area contributed by atoms with Crippen molar-refractivity contribution in [2.24, 2.45) is 0 Å². The zero-order chi connectivity index (χ0) is 14.7. The Morgan fingerprint density at radius 2 is 2.05 bits per heavy atom. The summed E-state index contributed by atoms with van der Waals surface area (Å²) in [6, 6.07) is 10.4. The zero-order valence-electron chi connectivity index (χ0n) is 12.6. The van der Waals surface area contributed by atoms with E-state index in [1.165, 1.54) is 5.56 Å². The summed E-state index contributed by atoms with van der Waals surface area (Å²) >= 11 is 0. The molecular formula is C16H22N4O. The molecule has 0 spiro atoms. The molecule has 1 saturated heterocycles. The van der Waals surface area contributed by atoms with Gasteiger partial charge in [0.2, 0.25) is 0 Å². The Labute approximate surface area is 125 Å². The first-order chi connectivity index (χ1) is 10.2. The number of nitrogens with zero attached hydrogens (tertiary/aromatic N) is 4. The average Bonchev–Trinajstić information content (AvgIpc) is 2.95. The van der Waals surface area contributed by atoms with E-state index in [1.54, 1.807) is 4.80 Å². The van der Waals surface area contributed by atoms with Crippen molar-refractivity contribution >= 4 is 0 Å². The van der Waals surface area contributed by atoms with Crippen LogP contribution in [0.15, 0.2) is 36.5 Å². The van der Waals surface area contributed by atoms with Crippen LogP contribution in [0.3, 0.4) is 0 Å². The van der Waals surface area contributed by atoms with Gasteiger partial charge in [-0.15, -0.1) is 0 Å². The highest BCUT2D eigenvalue weighted by Gasteiger charge is 2.26. The van der Waals surface area contributed by atoms with Crippen LogP contribution in [0.2, 0.25) is 0 Å². The maximum absolute atomic E-state index is 6.08. The van der Waals surface area contributed by atoms with Gasteiger partial charge in [0.05, 0.1) is 30.6 Å². The number of morpholine rings is 1. The summed E-state index contributed by atoms with van der Waals surface area (Å²) in [5.41, 5.74) is 2.27. The number of benzene rings is 1. The number of ether oxygens (including phenoxy) is 1. The lowest BCUT2D eigenvalue weighted by Gasteiger charge is -2.36. The molecule has 5 nitrogen and oxygen atoms in total. The summed E-state index contributed by atoms with van der Waals surface area (Å²) < 4.78 is 6.08. The second-order valence-electron chi connectivity index (χ2n) is 5.56. The molecule has 112 valence electrons. The predicted octanol–water partition coefficient (Wildman–Crippen LogP) is 2.26. The third-order valence-electron chi connectivity index (χ3n) is 3.76. The van der Waals surface area contributed by atoms with E-state index in [4.69, 9.17) is 4.74 Å². The third kappa shape index (κ3) is 3.49. The number of aromatic nitrogens is 3. The lowest BCUT2D eigenvalue weighted by molar-refractivity contribution is -0.0817. The van der Waals surface area contributed by atoms with Gasteiger partial charge in [0, 0.05) is 19.6 Å². The molecule has 5 heteroatoms. The number of hydrogen-bond donors (Lipinski definition) is 0. The fourth-order valence-corrected chi connectivity index (χ4v) is 2.81. The van der Waals surface area contributed by atoms with Crippen LogP contribution >= 0.6 is 0 Å². The monoisotopic (exact) mass is 286 g/mol. The van der Waals surface area contributed by atoms with Crippen molar-refractivity contribution in [3.8, 4) is 0 Å². The van der Waals surface area contributed by atoms with Gasteiger partial charge in [0.15, 0.2) is 0 Å². The van der Waals surface area contributed by atoms with Crippen LogP contribution in [0, 0.1) is 0 Å². The minimum Gasteiger partial charge on any atom is -0.368 e. The van der Waals surface area contributed by atoms with Gasteiger partial charge in [0.1, 0.15) is 0 Å². The van der Waals surface area contributed by atoms with Gasteiger partial charge in [-0.1, -0.05) is 30.3 Å². The lowest BCUT2D eigenvalue weighted by Crippen LogP contribution is -2.42. The van der Waals surface area contributed by atoms with E-state index >= 15 is 0 Å². The van der Waals surface area contributed by atoms with E-state index in [9.17, 15) is 0 Å². The highest BCUT2D eigenvalue weighted by atomic mass is 16.5. The Morgan fingerprint density at radius 3 is 2.76 bits per heavy atom. The molecule has 0 amide bonds. The number of rotatable bonds is 4. The van der Waals surface area contributed by atoms with Crippen LogP contribution in [0.25, 0.3) is 0 Å². The first-order valence-electron chi connectivity index (χ1n) is 7.56. The summed E-state index contributed by atoms with van der Waals surface area (Å²) in [6.45, 7) is 7.65. The maximum Gasteiger partial charge on any atom is 0.0967 e. The van der Waals surface area contributed by atoms with E-state index in [2.05, 4.69) is 46.3 Å². The Kier molecular flexibility index (Phi) is 4.31. The van der Waals surface area contributed by atoms with Crippen molar-refractivity contribution in [2.75, 3.05) is 13.1 Å². The maximum atomic E-state index is 6.08. The molecule has 2 aromatic rings. The average molecular weight is 286 g/mol. The van der Waals surface area contributed by atoms with Crippen molar-refractivity contribution in [1.82, 2.24) is 19.9 Å². The van der Waals surface area contributed by atoms with E-state index in [-0.39, 0.29) is 12.2 Å². The third-order valence-corrected chi connectivity index (χ3v) is 3.76. The first kappa shape index (κ1) is 14.2. The largest absolute Gasteiger partial charge is 0.368 e. The topological polar surface area (TPSA) is 43.2 Å². The SMILES string of the molecule is CCn1ncc(CN2CC(C)OC(c3ccccc3)C2)n1. The zero-order valence-corrected chi connectivity index (χ0v) is 12.6. The molecule has 1 fully saturated rings. The van der Waals surface area contributed by atoms with E-state index in [0.29, 0.717) is 0 Å². The van der Waals surface area contributed by atoms with Gasteiger partial charge in [0.25, 0.3) is 0 Å². The first-order valence-corrected chi connectivity index (χ1v) is 7.56. The standard InChI is InChI=1S/C16H22N4O/c1-3-20-17-9-15(18-20)11-19-10-13(2)21-16(12-19)14-7-5-4-6-8-14/h4-9,13,16H,3,10-12H2,1-2H3. The van der Waals surface area contributed by atoms with Crippen molar-refractivity contribution in [3.05, 3.63) is 47.8 Å². The fourth-order valence-electron chi connectivity index (χ4n) is 2.81. The fraction of sp³-hybridized carbons (Fsp3) is 0.500. The molecule has 1 aliphatic rings. The lowest BCUT2D eigenvalue weighted by atomic mass is 10.1. The van der Waals surface area contributed by atoms with E-state index in [1.807, 2.05) is 19.2 Å². The van der Waals surface area contributed by atoms with Crippen LogP contribution in [-0.4, -0.2) is 39.1 Å². The molecule has 2 heterocycles. The van der Waals surface area contributed by atoms with Crippen molar-refractivity contribution in [3.63, 3.8) is 0 Å². The summed E-state index contributed by atoms with van der Waals surface area (Å²) in [5.74, 6) is 0. The molecule has 21 heavy (non-hydrogen) atoms. The van der Waals surface area contributed by atoms with Crippen molar-refractivity contribution in [2.45, 2.75) is 39.1 Å². The van der Waals surface area contributed by atoms with Crippen LogP contribution in [0.4, 0.5) is 0 Å². The van der Waals surface area contributed by atoms with Crippen molar-refractivity contribution in [1.29, 1.82) is 0 Å². The quantitative estimate of drug-likeness (QED) is 0.864. The minimum absolute atomic E-state index is 0.135. The molecule has 0 bridgehead atoms. The molecule has 2 unspecified atom stereocenters. The molecule has 1 aliphatic heterocycles. The Hall–Kier alpha value is -1.72. The molecule has 1 aromatic carbocycles. The number of aryl methyl sites for hydroxylation is 1. The highest BCUT2D eigenvalue weighted by Crippen LogP contribution is 2.25. The summed E-state index contributed by atoms with van der Waals surface area (Å²) in [4.78, 5) is 4.13. The van der Waals surface area contributed by atoms with Crippen LogP contribution in [0.5, 0.6) is 0 Å². The predicted molar refractivity (Wildman–Crippen MR) is 80.7 cm³/mol. The molecule has 3 rings (SSSR count). The summed E-state index contributed by atoms with van der Waals surface area (Å²) in [6.07, 6.45) is 2.22. The van der Waals surface area contributed by atoms with Crippen LogP contribution in [-0.2, 0) is 17.8 Å². The summed E-state index contributed by atoms with van der Waals surface area (Å²) in [7, 11) is 0. The van der Waals surface area contributed by atoms with Crippen LogP contribution < -0.4 is 0 Å². The Balaban J connectivity index is 1.68. The van der Waals surface area contributed by atoms with Gasteiger partial charge in [-0.2, -0.15) is 15.0 Å². The molecule has 0 saturated carbocycles. The van der Waals surface area contributed by atoms with Gasteiger partial charge in [-0.25, -0.2) is 0 Å². The van der Waals surface area contributed by atoms with E-state index in [0.717, 1.165) is 31.9 Å². The van der Waals surface area contributed by atoms with E-state index < -0.39 is 0 Å². The minimum atomic E-state index is 0.135. The van der Waals surface area contributed by atoms with Gasteiger partial charge in [-0.05, 0) is 19.4 Å². The second-order valence-corrected chi connectivity index (χ2v) is 5.56. The number of hydrogen-bond acceptors (Lipinski definition) is 4. The molecule has 1 aromatic heterocycles. The Bertz CT molecular complexity index is 569. The van der Waals surface area contributed by atoms with Crippen molar-refractivity contribution < 1.29 is 4.74 Å². The molecule has 2 atom stereocenters. The summed E-state index contributed by atoms with van der Waals surface area (Å²) in [5, 5.41) is 8.71. The van der Waals surface area contributed by atoms with Crippen LogP contribution in [0.1, 0.15) is 31.2 Å². The molecule has 0 aliphatic carbocycles. The van der Waals surface area contributed by atoms with Gasteiger partial charge < -0.3 is 4.74 Å². The molecule has 0 N–H and O–H groups in total. The molecular weight excluding hydrogens is 264 g/mol. The normalized spacial score (nSPS) is 23.3. The molecule has 0 radical (unpaired) electrons. The second kappa shape index (κ2) is 6.37. The Morgan fingerprint density at radius 1 is 1.24 bits per heavy atom. The smallest absolute Gasteiger partial charge is 0.0967 e. The van der Waals surface area contributed by atoms with Gasteiger partial charge in [-0.3, -0.25) is 4.90 Å².